The molecule has 0 aliphatic carbocycles. The first-order valence-corrected chi connectivity index (χ1v) is 31.1. The highest BCUT2D eigenvalue weighted by atomic mass is 32.1. The van der Waals surface area contributed by atoms with E-state index < -0.39 is 8.07 Å². The lowest BCUT2D eigenvalue weighted by Gasteiger charge is -2.38. The molecule has 13 rings (SSSR count). The normalized spacial score (nSPS) is 13.9. The number of benzene rings is 9. The molecule has 2 aliphatic heterocycles. The zero-order valence-corrected chi connectivity index (χ0v) is 48.2. The number of hydrogen-bond donors (Lipinski definition) is 0. The Hall–Kier alpha value is -7.28. The quantitative estimate of drug-likeness (QED) is 0.108. The van der Waals surface area contributed by atoms with Crippen LogP contribution in [-0.2, 0) is 23.7 Å². The monoisotopic (exact) mass is 1050 g/mol. The second-order valence-electron chi connectivity index (χ2n) is 23.7. The molecule has 0 spiro atoms. The minimum Gasteiger partial charge on any atom is -0.309 e. The predicted octanol–water partition coefficient (Wildman–Crippen LogP) is 14.9. The first-order valence-electron chi connectivity index (χ1n) is 27.4. The van der Waals surface area contributed by atoms with Crippen LogP contribution >= 0.6 is 22.7 Å². The standard InChI is InChI=1S/C72H64BNS2Si/c1-47-41-52-44-51(34-33-50-35-36-54(72(6,7)8)45-61(50)49-23-13-9-14-24-49)59-39-38-58(77(55-25-15-10-16-26-55,56-27-17-11-18-28-56)57-29-19-12-20-30-57)46-62(59)73-66(52)64(42-47)74(63-40-37-53(43-48(63)2)71(3,4)5)67-69-68(76-70(67)73)60-31-21-22-32-65(60)75-69/h9-32,34-43,45-46H,33,44H2,1-8H3/b51-34-. The molecule has 2 aromatic heterocycles. The summed E-state index contributed by atoms with van der Waals surface area (Å²) in [5, 5.41) is 6.92. The van der Waals surface area contributed by atoms with Gasteiger partial charge in [0.1, 0.15) is 0 Å². The van der Waals surface area contributed by atoms with Crippen molar-refractivity contribution in [1.82, 2.24) is 0 Å². The summed E-state index contributed by atoms with van der Waals surface area (Å²) in [5.41, 5.74) is 20.2. The largest absolute Gasteiger partial charge is 0.309 e. The molecule has 376 valence electrons. The van der Waals surface area contributed by atoms with Crippen molar-refractivity contribution in [2.45, 2.75) is 79.1 Å². The van der Waals surface area contributed by atoms with E-state index in [-0.39, 0.29) is 17.5 Å². The third kappa shape index (κ3) is 8.32. The van der Waals surface area contributed by atoms with Gasteiger partial charge >= 0.3 is 0 Å². The molecule has 0 saturated heterocycles. The van der Waals surface area contributed by atoms with Crippen molar-refractivity contribution in [3.8, 4) is 11.1 Å². The van der Waals surface area contributed by atoms with E-state index in [0.29, 0.717) is 0 Å². The number of anilines is 3. The van der Waals surface area contributed by atoms with Gasteiger partial charge in [0.25, 0.3) is 6.71 Å². The lowest BCUT2D eigenvalue weighted by Crippen LogP contribution is -2.75. The molecule has 1 nitrogen and oxygen atoms in total. The molecular formula is C72H64BNS2Si. The van der Waals surface area contributed by atoms with Crippen LogP contribution in [-0.4, -0.2) is 14.8 Å². The van der Waals surface area contributed by atoms with Crippen LogP contribution in [0.15, 0.2) is 218 Å². The van der Waals surface area contributed by atoms with Gasteiger partial charge < -0.3 is 4.90 Å². The first kappa shape index (κ1) is 49.3. The van der Waals surface area contributed by atoms with Crippen LogP contribution in [0.25, 0.3) is 36.2 Å². The van der Waals surface area contributed by atoms with Crippen LogP contribution in [0.2, 0.25) is 0 Å². The van der Waals surface area contributed by atoms with Gasteiger partial charge in [-0.2, -0.15) is 0 Å². The molecule has 0 saturated carbocycles. The number of thiophene rings is 2. The Morgan fingerprint density at radius 2 is 1.13 bits per heavy atom. The molecule has 77 heavy (non-hydrogen) atoms. The molecule has 2 aliphatic rings. The zero-order chi connectivity index (χ0) is 52.8. The Morgan fingerprint density at radius 3 is 1.77 bits per heavy atom. The number of hydrogen-bond acceptors (Lipinski definition) is 3. The Morgan fingerprint density at radius 1 is 0.532 bits per heavy atom. The maximum Gasteiger partial charge on any atom is 0.260 e. The van der Waals surface area contributed by atoms with E-state index in [1.807, 2.05) is 22.7 Å². The third-order valence-electron chi connectivity index (χ3n) is 16.7. The number of rotatable bonds is 8. The van der Waals surface area contributed by atoms with Gasteiger partial charge in [-0.15, -0.1) is 22.7 Å². The molecule has 0 fully saturated rings. The van der Waals surface area contributed by atoms with Crippen LogP contribution in [0.4, 0.5) is 17.1 Å². The summed E-state index contributed by atoms with van der Waals surface area (Å²) in [6, 6.07) is 81.9. The summed E-state index contributed by atoms with van der Waals surface area (Å²) in [7, 11) is -2.94. The molecule has 9 aromatic carbocycles. The Labute approximate surface area is 465 Å². The van der Waals surface area contributed by atoms with Gasteiger partial charge in [-0.3, -0.25) is 0 Å². The van der Waals surface area contributed by atoms with Crippen molar-refractivity contribution >= 4 is 116 Å². The van der Waals surface area contributed by atoms with Crippen molar-refractivity contribution in [2.75, 3.05) is 4.90 Å². The molecule has 0 N–H and O–H groups in total. The number of allylic oxidation sites excluding steroid dienone is 2. The number of nitrogens with zero attached hydrogens (tertiary/aromatic N) is 1. The van der Waals surface area contributed by atoms with Crippen molar-refractivity contribution in [3.05, 3.63) is 257 Å². The van der Waals surface area contributed by atoms with Gasteiger partial charge in [0.05, 0.1) is 15.1 Å². The maximum absolute atomic E-state index is 2.94. The minimum atomic E-state index is -2.94. The van der Waals surface area contributed by atoms with E-state index in [4.69, 9.17) is 0 Å². The number of aryl methyl sites for hydroxylation is 2. The van der Waals surface area contributed by atoms with Crippen molar-refractivity contribution in [2.24, 2.45) is 0 Å². The minimum absolute atomic E-state index is 0.00909. The molecule has 0 amide bonds. The number of fused-ring (bicyclic) bond motifs is 8. The lowest BCUT2D eigenvalue weighted by atomic mass is 9.37. The topological polar surface area (TPSA) is 3.24 Å². The zero-order valence-electron chi connectivity index (χ0n) is 45.5. The second-order valence-corrected chi connectivity index (χ2v) is 29.6. The van der Waals surface area contributed by atoms with Crippen LogP contribution in [0, 0.1) is 13.8 Å². The predicted molar refractivity (Wildman–Crippen MR) is 341 cm³/mol. The van der Waals surface area contributed by atoms with Crippen LogP contribution < -0.4 is 41.3 Å². The third-order valence-corrected chi connectivity index (χ3v) is 24.0. The van der Waals surface area contributed by atoms with Gasteiger partial charge in [-0.05, 0) is 138 Å². The fourth-order valence-corrected chi connectivity index (χ4v) is 20.5. The van der Waals surface area contributed by atoms with Crippen LogP contribution in [0.5, 0.6) is 0 Å². The summed E-state index contributed by atoms with van der Waals surface area (Å²) >= 11 is 4.01. The molecule has 11 aromatic rings. The summed E-state index contributed by atoms with van der Waals surface area (Å²) in [6.07, 6.45) is 4.26. The van der Waals surface area contributed by atoms with Crippen LogP contribution in [0.1, 0.15) is 80.5 Å². The van der Waals surface area contributed by atoms with E-state index in [1.165, 1.54) is 129 Å². The van der Waals surface area contributed by atoms with E-state index in [1.54, 1.807) is 0 Å². The average Bonchev–Trinajstić information content (AvgIpc) is 4.05. The van der Waals surface area contributed by atoms with Gasteiger partial charge in [0.15, 0.2) is 8.07 Å². The summed E-state index contributed by atoms with van der Waals surface area (Å²) < 4.78 is 5.55. The van der Waals surface area contributed by atoms with Gasteiger partial charge in [-0.1, -0.05) is 247 Å². The highest BCUT2D eigenvalue weighted by Gasteiger charge is 2.46. The highest BCUT2D eigenvalue weighted by Crippen LogP contribution is 2.50. The summed E-state index contributed by atoms with van der Waals surface area (Å²) in [5.74, 6) is 0. The Balaban J connectivity index is 1.13. The molecule has 0 atom stereocenters. The fraction of sp³-hybridized carbons (Fsp3) is 0.167. The lowest BCUT2D eigenvalue weighted by molar-refractivity contribution is 0.589. The van der Waals surface area contributed by atoms with E-state index in [0.717, 1.165) is 12.8 Å². The van der Waals surface area contributed by atoms with Crippen molar-refractivity contribution in [3.63, 3.8) is 0 Å². The average molecular weight is 1050 g/mol. The molecule has 4 heterocycles. The van der Waals surface area contributed by atoms with E-state index in [2.05, 4.69) is 279 Å². The van der Waals surface area contributed by atoms with Gasteiger partial charge in [0.2, 0.25) is 0 Å². The van der Waals surface area contributed by atoms with E-state index in [9.17, 15) is 0 Å². The van der Waals surface area contributed by atoms with E-state index >= 15 is 0 Å². The molecular weight excluding hydrogens is 982 g/mol. The highest BCUT2D eigenvalue weighted by molar-refractivity contribution is 7.40. The summed E-state index contributed by atoms with van der Waals surface area (Å²) in [4.78, 5) is 2.70. The fourth-order valence-electron chi connectivity index (χ4n) is 12.9. The smallest absolute Gasteiger partial charge is 0.260 e. The first-order chi connectivity index (χ1) is 37.3. The van der Waals surface area contributed by atoms with Crippen molar-refractivity contribution < 1.29 is 0 Å². The molecule has 0 bridgehead atoms. The Bertz CT molecular complexity index is 3990. The molecule has 0 unspecified atom stereocenters. The Kier molecular flexibility index (Phi) is 12.2. The second kappa shape index (κ2) is 19.0. The molecule has 0 radical (unpaired) electrons. The maximum atomic E-state index is 2.72. The van der Waals surface area contributed by atoms with Crippen molar-refractivity contribution in [1.29, 1.82) is 0 Å². The van der Waals surface area contributed by atoms with Gasteiger partial charge in [-0.25, -0.2) is 0 Å². The SMILES string of the molecule is Cc1cc2c3c(c1)N(c1ccc(C(C)(C)C)cc1C)c1c(sc4c1sc1ccccc14)B3c1cc([Si](c3ccccc3)(c3ccccc3)c3ccccc3)ccc1/C(=C\Cc1ccc(C(C)(C)C)cc1-c1ccccc1)C2. The molecule has 5 heteroatoms. The van der Waals surface area contributed by atoms with Crippen LogP contribution in [0.3, 0.4) is 0 Å². The van der Waals surface area contributed by atoms with Gasteiger partial charge in [0, 0.05) is 26.2 Å². The summed E-state index contributed by atoms with van der Waals surface area (Å²) in [6.45, 7) is 18.6.